The molecule has 0 saturated carbocycles. The summed E-state index contributed by atoms with van der Waals surface area (Å²) in [6, 6.07) is 14.8. The fourth-order valence-corrected chi connectivity index (χ4v) is 3.09. The van der Waals surface area contributed by atoms with Crippen LogP contribution in [0.5, 0.6) is 0 Å². The van der Waals surface area contributed by atoms with Gasteiger partial charge in [-0.3, -0.25) is 0 Å². The number of fused-ring (bicyclic) bond motifs is 1. The summed E-state index contributed by atoms with van der Waals surface area (Å²) in [5, 5.41) is 11.0. The standard InChI is InChI=1S/C16H12N2O2S/c19-16(20)12-6-2-1-5-11(12)9-21-15-13-7-3-4-8-14(13)17-10-18-15/h1-8,10H,9H2,(H,19,20). The van der Waals surface area contributed by atoms with Crippen LogP contribution in [0, 0.1) is 0 Å². The number of hydrogen-bond acceptors (Lipinski definition) is 4. The Morgan fingerprint density at radius 1 is 1.05 bits per heavy atom. The van der Waals surface area contributed by atoms with E-state index in [1.807, 2.05) is 36.4 Å². The summed E-state index contributed by atoms with van der Waals surface area (Å²) in [5.41, 5.74) is 2.02. The van der Waals surface area contributed by atoms with E-state index < -0.39 is 5.97 Å². The minimum atomic E-state index is -0.904. The molecule has 21 heavy (non-hydrogen) atoms. The minimum Gasteiger partial charge on any atom is -0.478 e. The van der Waals surface area contributed by atoms with Crippen molar-refractivity contribution in [3.63, 3.8) is 0 Å². The normalized spacial score (nSPS) is 10.7. The molecule has 3 aromatic rings. The average molecular weight is 296 g/mol. The maximum Gasteiger partial charge on any atom is 0.335 e. The molecule has 2 aromatic carbocycles. The maximum atomic E-state index is 11.2. The van der Waals surface area contributed by atoms with Gasteiger partial charge in [-0.15, -0.1) is 11.8 Å². The van der Waals surface area contributed by atoms with Crippen molar-refractivity contribution in [3.8, 4) is 0 Å². The predicted molar refractivity (Wildman–Crippen MR) is 82.5 cm³/mol. The maximum absolute atomic E-state index is 11.2. The first-order chi connectivity index (χ1) is 10.3. The molecule has 0 saturated heterocycles. The zero-order valence-electron chi connectivity index (χ0n) is 11.1. The first-order valence-corrected chi connectivity index (χ1v) is 7.38. The average Bonchev–Trinajstić information content (AvgIpc) is 2.53. The van der Waals surface area contributed by atoms with Crippen molar-refractivity contribution >= 4 is 28.6 Å². The summed E-state index contributed by atoms with van der Waals surface area (Å²) in [5.74, 6) is -0.345. The number of carbonyl (C=O) groups is 1. The zero-order valence-corrected chi connectivity index (χ0v) is 11.9. The lowest BCUT2D eigenvalue weighted by atomic mass is 10.1. The third kappa shape index (κ3) is 2.87. The second-order valence-corrected chi connectivity index (χ2v) is 5.41. The Hall–Kier alpha value is -2.40. The minimum absolute atomic E-state index is 0.336. The summed E-state index contributed by atoms with van der Waals surface area (Å²) in [6.07, 6.45) is 1.54. The highest BCUT2D eigenvalue weighted by Crippen LogP contribution is 2.28. The van der Waals surface area contributed by atoms with Crippen LogP contribution >= 0.6 is 11.8 Å². The molecule has 0 spiro atoms. The van der Waals surface area contributed by atoms with Gasteiger partial charge < -0.3 is 5.11 Å². The summed E-state index contributed by atoms with van der Waals surface area (Å²) >= 11 is 1.52. The number of benzene rings is 2. The Labute approximate surface area is 125 Å². The second-order valence-electron chi connectivity index (χ2n) is 4.45. The molecule has 1 N–H and O–H groups in total. The van der Waals surface area contributed by atoms with E-state index >= 15 is 0 Å². The Balaban J connectivity index is 1.89. The Kier molecular flexibility index (Phi) is 3.83. The number of carboxylic acids is 1. The van der Waals surface area contributed by atoms with Crippen molar-refractivity contribution in [1.82, 2.24) is 9.97 Å². The summed E-state index contributed by atoms with van der Waals surface area (Å²) in [6.45, 7) is 0. The van der Waals surface area contributed by atoms with Crippen LogP contribution in [0.25, 0.3) is 10.9 Å². The SMILES string of the molecule is O=C(O)c1ccccc1CSc1ncnc2ccccc12. The Morgan fingerprint density at radius 2 is 1.81 bits per heavy atom. The topological polar surface area (TPSA) is 63.1 Å². The molecule has 0 fully saturated rings. The second kappa shape index (κ2) is 5.93. The van der Waals surface area contributed by atoms with Gasteiger partial charge in [0.1, 0.15) is 11.4 Å². The molecular formula is C16H12N2O2S. The number of nitrogens with zero attached hydrogens (tertiary/aromatic N) is 2. The van der Waals surface area contributed by atoms with Crippen LogP contribution in [0.2, 0.25) is 0 Å². The lowest BCUT2D eigenvalue weighted by Crippen LogP contribution is -2.01. The molecule has 0 aliphatic rings. The van der Waals surface area contributed by atoms with Gasteiger partial charge in [0, 0.05) is 11.1 Å². The molecule has 5 heteroatoms. The van der Waals surface area contributed by atoms with E-state index in [1.165, 1.54) is 18.1 Å². The van der Waals surface area contributed by atoms with Gasteiger partial charge in [-0.2, -0.15) is 0 Å². The van der Waals surface area contributed by atoms with Crippen molar-refractivity contribution in [1.29, 1.82) is 0 Å². The van der Waals surface area contributed by atoms with Crippen molar-refractivity contribution < 1.29 is 9.90 Å². The quantitative estimate of drug-likeness (QED) is 0.588. The number of aromatic carboxylic acids is 1. The van der Waals surface area contributed by atoms with Gasteiger partial charge in [-0.05, 0) is 17.7 Å². The Morgan fingerprint density at radius 3 is 2.67 bits per heavy atom. The molecule has 104 valence electrons. The predicted octanol–water partition coefficient (Wildman–Crippen LogP) is 3.62. The number of aromatic nitrogens is 2. The number of rotatable bonds is 4. The van der Waals surface area contributed by atoms with Crippen LogP contribution in [0.4, 0.5) is 0 Å². The molecule has 0 aliphatic carbocycles. The van der Waals surface area contributed by atoms with E-state index in [-0.39, 0.29) is 0 Å². The van der Waals surface area contributed by atoms with Gasteiger partial charge in [-0.1, -0.05) is 36.4 Å². The Bertz CT molecular complexity index is 800. The fraction of sp³-hybridized carbons (Fsp3) is 0.0625. The monoisotopic (exact) mass is 296 g/mol. The first-order valence-electron chi connectivity index (χ1n) is 6.39. The zero-order chi connectivity index (χ0) is 14.7. The van der Waals surface area contributed by atoms with Gasteiger partial charge in [-0.25, -0.2) is 14.8 Å². The molecule has 3 rings (SSSR count). The summed E-state index contributed by atoms with van der Waals surface area (Å²) in [7, 11) is 0. The molecule has 1 heterocycles. The van der Waals surface area contributed by atoms with Crippen molar-refractivity contribution in [3.05, 3.63) is 66.0 Å². The molecule has 0 bridgehead atoms. The number of hydrogen-bond donors (Lipinski definition) is 1. The smallest absolute Gasteiger partial charge is 0.335 e. The third-order valence-electron chi connectivity index (χ3n) is 3.12. The molecule has 4 nitrogen and oxygen atoms in total. The van der Waals surface area contributed by atoms with Crippen molar-refractivity contribution in [2.45, 2.75) is 10.8 Å². The molecule has 1 aromatic heterocycles. The van der Waals surface area contributed by atoms with E-state index in [0.29, 0.717) is 11.3 Å². The highest BCUT2D eigenvalue weighted by atomic mass is 32.2. The van der Waals surface area contributed by atoms with E-state index in [9.17, 15) is 9.90 Å². The van der Waals surface area contributed by atoms with E-state index in [0.717, 1.165) is 21.5 Å². The van der Waals surface area contributed by atoms with E-state index in [1.54, 1.807) is 12.1 Å². The molecule has 0 atom stereocenters. The summed E-state index contributed by atoms with van der Waals surface area (Å²) in [4.78, 5) is 19.7. The van der Waals surface area contributed by atoms with Gasteiger partial charge in [0.25, 0.3) is 0 Å². The number of carboxylic acid groups (broad SMARTS) is 1. The molecule has 0 unspecified atom stereocenters. The lowest BCUT2D eigenvalue weighted by Gasteiger charge is -2.07. The van der Waals surface area contributed by atoms with Crippen LogP contribution < -0.4 is 0 Å². The number of para-hydroxylation sites is 1. The van der Waals surface area contributed by atoms with E-state index in [2.05, 4.69) is 9.97 Å². The van der Waals surface area contributed by atoms with Gasteiger partial charge in [0.15, 0.2) is 0 Å². The lowest BCUT2D eigenvalue weighted by molar-refractivity contribution is 0.0696. The summed E-state index contributed by atoms with van der Waals surface area (Å²) < 4.78 is 0. The molecule has 0 aliphatic heterocycles. The van der Waals surface area contributed by atoms with E-state index in [4.69, 9.17) is 0 Å². The van der Waals surface area contributed by atoms with Gasteiger partial charge in [0.05, 0.1) is 11.1 Å². The fourth-order valence-electron chi connectivity index (χ4n) is 2.10. The van der Waals surface area contributed by atoms with Crippen LogP contribution in [-0.4, -0.2) is 21.0 Å². The van der Waals surface area contributed by atoms with Gasteiger partial charge >= 0.3 is 5.97 Å². The largest absolute Gasteiger partial charge is 0.478 e. The first kappa shape index (κ1) is 13.6. The molecule has 0 radical (unpaired) electrons. The van der Waals surface area contributed by atoms with Crippen LogP contribution in [-0.2, 0) is 5.75 Å². The van der Waals surface area contributed by atoms with Crippen molar-refractivity contribution in [2.24, 2.45) is 0 Å². The van der Waals surface area contributed by atoms with Gasteiger partial charge in [0.2, 0.25) is 0 Å². The van der Waals surface area contributed by atoms with Crippen LogP contribution in [0.1, 0.15) is 15.9 Å². The highest BCUT2D eigenvalue weighted by molar-refractivity contribution is 7.98. The highest BCUT2D eigenvalue weighted by Gasteiger charge is 2.10. The van der Waals surface area contributed by atoms with Crippen LogP contribution in [0.15, 0.2) is 59.9 Å². The van der Waals surface area contributed by atoms with Crippen LogP contribution in [0.3, 0.4) is 0 Å². The number of thioether (sulfide) groups is 1. The molecule has 0 amide bonds. The van der Waals surface area contributed by atoms with Crippen molar-refractivity contribution in [2.75, 3.05) is 0 Å². The third-order valence-corrected chi connectivity index (χ3v) is 4.17. The molecular weight excluding hydrogens is 284 g/mol.